The standard InChI is InChI=1S/C25H30N2O4S/c1-17(2)18-6-9-22(10-7-18)32(29,30)27-13-12-20-14-19(8-11-23(20)27)21-15-26(16-21)31-24(28)25(3,4)5/h6-14,17,21H,15-16H2,1-5H3. The van der Waals surface area contributed by atoms with Gasteiger partial charge in [0.1, 0.15) is 0 Å². The predicted octanol–water partition coefficient (Wildman–Crippen LogP) is 4.91. The van der Waals surface area contributed by atoms with Crippen molar-refractivity contribution >= 4 is 26.9 Å². The van der Waals surface area contributed by atoms with Crippen LogP contribution in [0.1, 0.15) is 57.6 Å². The minimum absolute atomic E-state index is 0.241. The van der Waals surface area contributed by atoms with Crippen molar-refractivity contribution < 1.29 is 18.0 Å². The fourth-order valence-corrected chi connectivity index (χ4v) is 5.07. The Bertz CT molecular complexity index is 1250. The summed E-state index contributed by atoms with van der Waals surface area (Å²) in [6.07, 6.45) is 1.61. The number of carbonyl (C=O) groups excluding carboxylic acids is 1. The molecule has 0 bridgehead atoms. The summed E-state index contributed by atoms with van der Waals surface area (Å²) in [6, 6.07) is 14.8. The van der Waals surface area contributed by atoms with E-state index in [1.54, 1.807) is 23.4 Å². The molecule has 6 nitrogen and oxygen atoms in total. The quantitative estimate of drug-likeness (QED) is 0.548. The summed E-state index contributed by atoms with van der Waals surface area (Å²) in [4.78, 5) is 17.7. The number of aromatic nitrogens is 1. The number of hydroxylamine groups is 2. The van der Waals surface area contributed by atoms with Crippen LogP contribution in [-0.4, -0.2) is 36.5 Å². The van der Waals surface area contributed by atoms with Crippen molar-refractivity contribution in [2.24, 2.45) is 5.41 Å². The van der Waals surface area contributed by atoms with Gasteiger partial charge in [0.2, 0.25) is 0 Å². The van der Waals surface area contributed by atoms with E-state index in [0.717, 1.165) is 16.5 Å². The number of benzene rings is 2. The molecule has 1 aliphatic rings. The molecule has 0 spiro atoms. The molecule has 7 heteroatoms. The van der Waals surface area contributed by atoms with Gasteiger partial charge >= 0.3 is 5.97 Å². The second kappa shape index (κ2) is 8.05. The van der Waals surface area contributed by atoms with E-state index in [0.29, 0.717) is 24.5 Å². The number of nitrogens with zero attached hydrogens (tertiary/aromatic N) is 2. The molecule has 0 radical (unpaired) electrons. The molecule has 0 amide bonds. The van der Waals surface area contributed by atoms with Crippen molar-refractivity contribution in [3.8, 4) is 0 Å². The highest BCUT2D eigenvalue weighted by Crippen LogP contribution is 2.32. The maximum atomic E-state index is 13.2. The minimum Gasteiger partial charge on any atom is -0.367 e. The molecule has 0 atom stereocenters. The Morgan fingerprint density at radius 2 is 1.69 bits per heavy atom. The summed E-state index contributed by atoms with van der Waals surface area (Å²) >= 11 is 0. The lowest BCUT2D eigenvalue weighted by molar-refractivity contribution is -0.220. The summed E-state index contributed by atoms with van der Waals surface area (Å²) < 4.78 is 27.8. The molecule has 170 valence electrons. The van der Waals surface area contributed by atoms with Crippen LogP contribution in [0.3, 0.4) is 0 Å². The van der Waals surface area contributed by atoms with Crippen LogP contribution in [0.15, 0.2) is 59.6 Å². The van der Waals surface area contributed by atoms with E-state index in [1.165, 1.54) is 3.97 Å². The van der Waals surface area contributed by atoms with Crippen molar-refractivity contribution in [3.63, 3.8) is 0 Å². The van der Waals surface area contributed by atoms with Crippen molar-refractivity contribution in [1.82, 2.24) is 9.04 Å². The van der Waals surface area contributed by atoms with Gasteiger partial charge in [-0.2, -0.15) is 0 Å². The third-order valence-corrected chi connectivity index (χ3v) is 7.63. The molecule has 1 aliphatic heterocycles. The topological polar surface area (TPSA) is 68.6 Å². The predicted molar refractivity (Wildman–Crippen MR) is 125 cm³/mol. The Kier molecular flexibility index (Phi) is 5.67. The molecule has 0 unspecified atom stereocenters. The number of fused-ring (bicyclic) bond motifs is 1. The van der Waals surface area contributed by atoms with Gasteiger partial charge < -0.3 is 4.84 Å². The van der Waals surface area contributed by atoms with Gasteiger partial charge in [0.15, 0.2) is 0 Å². The molecule has 1 saturated heterocycles. The zero-order valence-electron chi connectivity index (χ0n) is 19.2. The highest BCUT2D eigenvalue weighted by Gasteiger charge is 2.34. The van der Waals surface area contributed by atoms with Gasteiger partial charge in [0, 0.05) is 30.6 Å². The molecule has 2 aromatic carbocycles. The Labute approximate surface area is 189 Å². The fraction of sp³-hybridized carbons (Fsp3) is 0.400. The van der Waals surface area contributed by atoms with Gasteiger partial charge in [-0.15, -0.1) is 5.06 Å². The Morgan fingerprint density at radius 1 is 1.03 bits per heavy atom. The lowest BCUT2D eigenvalue weighted by Gasteiger charge is -2.38. The van der Waals surface area contributed by atoms with Crippen LogP contribution >= 0.6 is 0 Å². The fourth-order valence-electron chi connectivity index (χ4n) is 3.71. The first-order chi connectivity index (χ1) is 15.0. The van der Waals surface area contributed by atoms with Gasteiger partial charge in [-0.05, 0) is 68.1 Å². The molecule has 1 aromatic heterocycles. The maximum Gasteiger partial charge on any atom is 0.330 e. The Balaban J connectivity index is 1.52. The summed E-state index contributed by atoms with van der Waals surface area (Å²) in [5.74, 6) is 0.350. The molecule has 3 aromatic rings. The van der Waals surface area contributed by atoms with Crippen LogP contribution in [0.5, 0.6) is 0 Å². The molecule has 1 fully saturated rings. The summed E-state index contributed by atoms with van der Waals surface area (Å²) in [7, 11) is -3.67. The van der Waals surface area contributed by atoms with Gasteiger partial charge in [0.25, 0.3) is 10.0 Å². The normalized spacial score (nSPS) is 15.8. The first kappa shape index (κ1) is 22.6. The smallest absolute Gasteiger partial charge is 0.330 e. The highest BCUT2D eigenvalue weighted by molar-refractivity contribution is 7.90. The van der Waals surface area contributed by atoms with Crippen LogP contribution in [0, 0.1) is 5.41 Å². The first-order valence-electron chi connectivity index (χ1n) is 10.9. The monoisotopic (exact) mass is 454 g/mol. The van der Waals surface area contributed by atoms with E-state index in [-0.39, 0.29) is 16.8 Å². The first-order valence-corrected chi connectivity index (χ1v) is 12.3. The molecule has 0 saturated carbocycles. The van der Waals surface area contributed by atoms with Crippen LogP contribution in [-0.2, 0) is 19.7 Å². The SMILES string of the molecule is CC(C)c1ccc(S(=O)(=O)n2ccc3cc(C4CN(OC(=O)C(C)(C)C)C4)ccc32)cc1. The zero-order chi connectivity index (χ0) is 23.3. The number of rotatable bonds is 5. The summed E-state index contributed by atoms with van der Waals surface area (Å²) in [5.41, 5.74) is 2.33. The third-order valence-electron chi connectivity index (χ3n) is 5.93. The molecule has 4 rings (SSSR count). The molecule has 0 aliphatic carbocycles. The van der Waals surface area contributed by atoms with Crippen LogP contribution in [0.4, 0.5) is 0 Å². The largest absolute Gasteiger partial charge is 0.367 e. The Morgan fingerprint density at radius 3 is 2.28 bits per heavy atom. The molecular formula is C25H30N2O4S. The lowest BCUT2D eigenvalue weighted by Crippen LogP contribution is -2.47. The minimum atomic E-state index is -3.67. The second-order valence-corrected chi connectivity index (χ2v) is 11.6. The lowest BCUT2D eigenvalue weighted by atomic mass is 9.92. The number of carbonyl (C=O) groups is 1. The van der Waals surface area contributed by atoms with E-state index in [2.05, 4.69) is 13.8 Å². The van der Waals surface area contributed by atoms with Crippen LogP contribution in [0.25, 0.3) is 10.9 Å². The third kappa shape index (κ3) is 4.19. The van der Waals surface area contributed by atoms with E-state index in [1.807, 2.05) is 57.2 Å². The zero-order valence-corrected chi connectivity index (χ0v) is 20.0. The molecule has 0 N–H and O–H groups in total. The number of hydrogen-bond acceptors (Lipinski definition) is 5. The molecule has 2 heterocycles. The Hall–Kier alpha value is -2.64. The molecule has 32 heavy (non-hydrogen) atoms. The van der Waals surface area contributed by atoms with Crippen molar-refractivity contribution in [2.75, 3.05) is 13.1 Å². The number of hydrogen-bond donors (Lipinski definition) is 0. The van der Waals surface area contributed by atoms with Gasteiger partial charge in [-0.3, -0.25) is 0 Å². The van der Waals surface area contributed by atoms with E-state index >= 15 is 0 Å². The van der Waals surface area contributed by atoms with Crippen molar-refractivity contribution in [2.45, 2.75) is 51.3 Å². The van der Waals surface area contributed by atoms with Crippen molar-refractivity contribution in [1.29, 1.82) is 0 Å². The second-order valence-electron chi connectivity index (χ2n) is 9.83. The van der Waals surface area contributed by atoms with E-state index < -0.39 is 15.4 Å². The average molecular weight is 455 g/mol. The van der Waals surface area contributed by atoms with E-state index in [9.17, 15) is 13.2 Å². The highest BCUT2D eigenvalue weighted by atomic mass is 32.2. The maximum absolute atomic E-state index is 13.2. The van der Waals surface area contributed by atoms with E-state index in [4.69, 9.17) is 4.84 Å². The van der Waals surface area contributed by atoms with Gasteiger partial charge in [-0.25, -0.2) is 17.2 Å². The van der Waals surface area contributed by atoms with Crippen LogP contribution in [0.2, 0.25) is 0 Å². The van der Waals surface area contributed by atoms with Crippen LogP contribution < -0.4 is 0 Å². The summed E-state index contributed by atoms with van der Waals surface area (Å²) in [6.45, 7) is 10.9. The summed E-state index contributed by atoms with van der Waals surface area (Å²) in [5, 5.41) is 2.55. The average Bonchev–Trinajstić information content (AvgIpc) is 3.13. The van der Waals surface area contributed by atoms with Gasteiger partial charge in [-0.1, -0.05) is 32.0 Å². The van der Waals surface area contributed by atoms with Gasteiger partial charge in [0.05, 0.1) is 15.8 Å². The molecular weight excluding hydrogens is 424 g/mol. The van der Waals surface area contributed by atoms with Crippen molar-refractivity contribution in [3.05, 3.63) is 65.9 Å².